The number of ether oxygens (including phenoxy) is 2. The number of carbonyl (C=O) groups excluding carboxylic acids is 2. The summed E-state index contributed by atoms with van der Waals surface area (Å²) in [5.41, 5.74) is -2.52. The second kappa shape index (κ2) is 10.9. The van der Waals surface area contributed by atoms with Gasteiger partial charge in [-0.25, -0.2) is 13.3 Å². The summed E-state index contributed by atoms with van der Waals surface area (Å²) >= 11 is 0. The van der Waals surface area contributed by atoms with Crippen LogP contribution in [0.4, 0.5) is 18.0 Å². The van der Waals surface area contributed by atoms with Gasteiger partial charge in [0.25, 0.3) is 0 Å². The molecular formula is C24H32F3NO5S. The molecule has 0 bridgehead atoms. The molecule has 0 radical (unpaired) electrons. The third-order valence-corrected chi connectivity index (χ3v) is 7.10. The van der Waals surface area contributed by atoms with E-state index in [1.807, 2.05) is 0 Å². The lowest BCUT2D eigenvalue weighted by Crippen LogP contribution is -2.48. The molecule has 2 rings (SSSR count). The number of nitrogens with zero attached hydrogens (tertiary/aromatic N) is 1. The van der Waals surface area contributed by atoms with Crippen molar-refractivity contribution in [3.05, 3.63) is 42.5 Å². The Morgan fingerprint density at radius 2 is 1.74 bits per heavy atom. The van der Waals surface area contributed by atoms with Crippen molar-refractivity contribution in [1.82, 2.24) is 4.31 Å². The van der Waals surface area contributed by atoms with E-state index in [9.17, 15) is 27.0 Å². The monoisotopic (exact) mass is 503 g/mol. The molecule has 1 aromatic carbocycles. The van der Waals surface area contributed by atoms with Crippen LogP contribution in [0.5, 0.6) is 0 Å². The molecule has 190 valence electrons. The highest BCUT2D eigenvalue weighted by atomic mass is 32.2. The van der Waals surface area contributed by atoms with E-state index in [0.29, 0.717) is 32.1 Å². The third-order valence-electron chi connectivity index (χ3n) is 5.62. The van der Waals surface area contributed by atoms with E-state index in [-0.39, 0.29) is 17.5 Å². The van der Waals surface area contributed by atoms with Crippen LogP contribution in [0.1, 0.15) is 65.4 Å². The van der Waals surface area contributed by atoms with Gasteiger partial charge in [0.05, 0.1) is 22.5 Å². The lowest BCUT2D eigenvalue weighted by molar-refractivity contribution is -0.158. The fourth-order valence-corrected chi connectivity index (χ4v) is 5.22. The van der Waals surface area contributed by atoms with E-state index in [2.05, 4.69) is 6.58 Å². The maximum absolute atomic E-state index is 13.4. The smallest absolute Gasteiger partial charge is 0.422 e. The number of carbonyl (C=O) groups is 2. The van der Waals surface area contributed by atoms with Crippen molar-refractivity contribution in [2.24, 2.45) is 5.41 Å². The van der Waals surface area contributed by atoms with E-state index in [1.165, 1.54) is 0 Å². The number of allylic oxidation sites excluding steroid dienone is 1. The third kappa shape index (κ3) is 6.84. The number of alkyl halides is 3. The number of rotatable bonds is 7. The van der Waals surface area contributed by atoms with Crippen molar-refractivity contribution >= 4 is 23.0 Å². The first-order chi connectivity index (χ1) is 15.7. The van der Waals surface area contributed by atoms with Crippen molar-refractivity contribution in [3.8, 4) is 0 Å². The number of hydrogen-bond acceptors (Lipinski definition) is 5. The molecular weight excluding hydrogens is 471 g/mol. The first-order valence-electron chi connectivity index (χ1n) is 11.1. The van der Waals surface area contributed by atoms with Crippen molar-refractivity contribution < 1.29 is 36.4 Å². The van der Waals surface area contributed by atoms with E-state index in [1.54, 1.807) is 33.8 Å². The Morgan fingerprint density at radius 1 is 1.18 bits per heavy atom. The number of esters is 1. The minimum Gasteiger partial charge on any atom is -0.466 e. The van der Waals surface area contributed by atoms with Gasteiger partial charge in [0.1, 0.15) is 5.60 Å². The molecule has 6 nitrogen and oxygen atoms in total. The van der Waals surface area contributed by atoms with Crippen LogP contribution in [0.25, 0.3) is 0 Å². The zero-order valence-electron chi connectivity index (χ0n) is 19.9. The van der Waals surface area contributed by atoms with Crippen molar-refractivity contribution in [1.29, 1.82) is 0 Å². The number of benzene rings is 1. The highest BCUT2D eigenvalue weighted by Gasteiger charge is 2.45. The van der Waals surface area contributed by atoms with Crippen LogP contribution in [-0.2, 0) is 31.4 Å². The van der Waals surface area contributed by atoms with Crippen LogP contribution in [0, 0.1) is 5.41 Å². The van der Waals surface area contributed by atoms with Crippen LogP contribution in [-0.4, -0.2) is 38.8 Å². The normalized spacial score (nSPS) is 21.9. The molecule has 1 aromatic rings. The standard InChI is InChI=1S/C24H32F3NO5S/c1-6-14-23(20(29)32-7-2)15-12-18(13-16-23)28(21(30)33-22(3,4)5)34(31)19-10-8-17(9-11-19)24(25,26)27/h6,8-11,18H,1,7,12-16H2,2-5H3. The topological polar surface area (TPSA) is 72.9 Å². The molecule has 34 heavy (non-hydrogen) atoms. The highest BCUT2D eigenvalue weighted by molar-refractivity contribution is 7.83. The molecule has 0 saturated heterocycles. The molecule has 1 atom stereocenters. The van der Waals surface area contributed by atoms with Gasteiger partial charge in [0.15, 0.2) is 11.0 Å². The fourth-order valence-electron chi connectivity index (χ4n) is 3.97. The maximum atomic E-state index is 13.4. The van der Waals surface area contributed by atoms with Crippen molar-refractivity contribution in [2.75, 3.05) is 6.61 Å². The average Bonchev–Trinajstić information content (AvgIpc) is 2.73. The van der Waals surface area contributed by atoms with E-state index in [0.717, 1.165) is 28.6 Å². The summed E-state index contributed by atoms with van der Waals surface area (Å²) in [6.45, 7) is 10.7. The van der Waals surface area contributed by atoms with Gasteiger partial charge in [-0.2, -0.15) is 13.2 Å². The van der Waals surface area contributed by atoms with E-state index < -0.39 is 45.9 Å². The number of hydrogen-bond donors (Lipinski definition) is 0. The molecule has 1 saturated carbocycles. The summed E-state index contributed by atoms with van der Waals surface area (Å²) < 4.78 is 64.0. The number of amides is 1. The zero-order chi connectivity index (χ0) is 25.7. The van der Waals surface area contributed by atoms with Gasteiger partial charge in [-0.3, -0.25) is 4.79 Å². The Hall–Kier alpha value is -2.36. The Kier molecular flexibility index (Phi) is 8.96. The summed E-state index contributed by atoms with van der Waals surface area (Å²) in [4.78, 5) is 25.7. The SMILES string of the molecule is C=CCC1(C(=O)OCC)CCC(N(C(=O)OC(C)(C)C)S(=O)c2ccc(C(F)(F)F)cc2)CC1. The Bertz CT molecular complexity index is 901. The molecule has 0 spiro atoms. The van der Waals surface area contributed by atoms with Crippen LogP contribution in [0.2, 0.25) is 0 Å². The minimum absolute atomic E-state index is 0.0483. The Morgan fingerprint density at radius 3 is 2.18 bits per heavy atom. The van der Waals surface area contributed by atoms with Crippen molar-refractivity contribution in [3.63, 3.8) is 0 Å². The zero-order valence-corrected chi connectivity index (χ0v) is 20.8. The summed E-state index contributed by atoms with van der Waals surface area (Å²) in [5.74, 6) is -0.332. The van der Waals surface area contributed by atoms with Crippen LogP contribution >= 0.6 is 0 Å². The summed E-state index contributed by atoms with van der Waals surface area (Å²) in [5, 5.41) is 0. The van der Waals surface area contributed by atoms with Crippen LogP contribution in [0.3, 0.4) is 0 Å². The van der Waals surface area contributed by atoms with Gasteiger partial charge in [-0.15, -0.1) is 6.58 Å². The van der Waals surface area contributed by atoms with Crippen LogP contribution in [0.15, 0.2) is 41.8 Å². The molecule has 10 heteroatoms. The summed E-state index contributed by atoms with van der Waals surface area (Å²) in [6.07, 6.45) is -1.84. The van der Waals surface area contributed by atoms with Gasteiger partial charge < -0.3 is 9.47 Å². The largest absolute Gasteiger partial charge is 0.466 e. The molecule has 1 aliphatic carbocycles. The molecule has 0 heterocycles. The molecule has 1 fully saturated rings. The molecule has 1 aliphatic rings. The summed E-state index contributed by atoms with van der Waals surface area (Å²) in [7, 11) is -2.11. The van der Waals surface area contributed by atoms with Crippen LogP contribution < -0.4 is 0 Å². The average molecular weight is 504 g/mol. The van der Waals surface area contributed by atoms with Gasteiger partial charge in [0.2, 0.25) is 0 Å². The fraction of sp³-hybridized carbons (Fsp3) is 0.583. The molecule has 1 unspecified atom stereocenters. The minimum atomic E-state index is -4.53. The predicted molar refractivity (Wildman–Crippen MR) is 122 cm³/mol. The maximum Gasteiger partial charge on any atom is 0.422 e. The molecule has 0 aliphatic heterocycles. The predicted octanol–water partition coefficient (Wildman–Crippen LogP) is 6.03. The molecule has 0 N–H and O–H groups in total. The van der Waals surface area contributed by atoms with Gasteiger partial charge in [-0.05, 0) is 84.1 Å². The van der Waals surface area contributed by atoms with Gasteiger partial charge >= 0.3 is 18.2 Å². The number of halogens is 3. The van der Waals surface area contributed by atoms with E-state index in [4.69, 9.17) is 9.47 Å². The summed E-state index contributed by atoms with van der Waals surface area (Å²) in [6, 6.07) is 3.32. The molecule has 0 aromatic heterocycles. The van der Waals surface area contributed by atoms with Gasteiger partial charge in [0, 0.05) is 6.04 Å². The molecule has 1 amide bonds. The first kappa shape index (κ1) is 27.9. The quantitative estimate of drug-likeness (QED) is 0.335. The lowest BCUT2D eigenvalue weighted by Gasteiger charge is -2.41. The van der Waals surface area contributed by atoms with Gasteiger partial charge in [-0.1, -0.05) is 6.08 Å². The van der Waals surface area contributed by atoms with E-state index >= 15 is 0 Å². The Labute approximate surface area is 201 Å². The van der Waals surface area contributed by atoms with Crippen molar-refractivity contribution in [2.45, 2.75) is 82.5 Å². The second-order valence-corrected chi connectivity index (χ2v) is 10.7. The Balaban J connectivity index is 2.33. The second-order valence-electron chi connectivity index (χ2n) is 9.30. The first-order valence-corrected chi connectivity index (χ1v) is 12.2. The lowest BCUT2D eigenvalue weighted by atomic mass is 9.70. The highest BCUT2D eigenvalue weighted by Crippen LogP contribution is 2.43.